The summed E-state index contributed by atoms with van der Waals surface area (Å²) in [5.74, 6) is 0.0344. The van der Waals surface area contributed by atoms with Crippen molar-refractivity contribution in [2.24, 2.45) is 0 Å². The summed E-state index contributed by atoms with van der Waals surface area (Å²) in [7, 11) is 1.49. The number of aromatic nitrogens is 2. The second kappa shape index (κ2) is 6.92. The van der Waals surface area contributed by atoms with Gasteiger partial charge in [-0.15, -0.1) is 0 Å². The topological polar surface area (TPSA) is 64.1 Å². The Hall–Kier alpha value is -1.31. The first-order valence-corrected chi connectivity index (χ1v) is 7.27. The lowest BCUT2D eigenvalue weighted by Gasteiger charge is -2.15. The van der Waals surface area contributed by atoms with Crippen LogP contribution < -0.4 is 5.32 Å². The van der Waals surface area contributed by atoms with Crippen LogP contribution in [-0.4, -0.2) is 23.0 Å². The Balaban J connectivity index is 2.18. The lowest BCUT2D eigenvalue weighted by atomic mass is 10.1. The molecule has 2 rings (SSSR count). The largest absolute Gasteiger partial charge is 0.367 e. The highest BCUT2D eigenvalue weighted by atomic mass is 79.9. The molecule has 0 aliphatic heterocycles. The normalized spacial score (nSPS) is 11.9. The summed E-state index contributed by atoms with van der Waals surface area (Å²) in [4.78, 5) is 20.4. The van der Waals surface area contributed by atoms with Gasteiger partial charge in [0, 0.05) is 7.11 Å². The van der Waals surface area contributed by atoms with Crippen molar-refractivity contribution in [2.75, 3.05) is 12.4 Å². The number of carbonyl (C=O) groups is 1. The standard InChI is InChI=1S/C13H11Br2N3O2/c1-20-10(8-5-3-2-4-6-8)13(19)18-12-11(15)17-9(14)7-16-12/h2-7,10H,1H3,(H,16,18,19). The molecule has 2 aromatic rings. The number of hydrogen-bond acceptors (Lipinski definition) is 4. The monoisotopic (exact) mass is 399 g/mol. The fourth-order valence-corrected chi connectivity index (χ4v) is 2.55. The van der Waals surface area contributed by atoms with Gasteiger partial charge in [-0.25, -0.2) is 9.97 Å². The number of nitrogens with zero attached hydrogens (tertiary/aromatic N) is 2. The molecule has 0 spiro atoms. The van der Waals surface area contributed by atoms with Crippen LogP contribution in [0.3, 0.4) is 0 Å². The summed E-state index contributed by atoms with van der Waals surface area (Å²) in [5.41, 5.74) is 0.772. The Morgan fingerprint density at radius 2 is 2.00 bits per heavy atom. The minimum atomic E-state index is -0.700. The maximum Gasteiger partial charge on any atom is 0.259 e. The molecule has 1 amide bonds. The molecule has 1 aromatic carbocycles. The number of methoxy groups -OCH3 is 1. The molecular formula is C13H11Br2N3O2. The zero-order chi connectivity index (χ0) is 14.5. The summed E-state index contributed by atoms with van der Waals surface area (Å²) in [5, 5.41) is 2.68. The Morgan fingerprint density at radius 1 is 1.30 bits per heavy atom. The van der Waals surface area contributed by atoms with E-state index in [1.165, 1.54) is 13.3 Å². The fraction of sp³-hybridized carbons (Fsp3) is 0.154. The zero-order valence-electron chi connectivity index (χ0n) is 10.5. The van der Waals surface area contributed by atoms with Crippen LogP contribution in [0.5, 0.6) is 0 Å². The quantitative estimate of drug-likeness (QED) is 0.854. The van der Waals surface area contributed by atoms with E-state index < -0.39 is 6.10 Å². The lowest BCUT2D eigenvalue weighted by molar-refractivity contribution is -0.126. The molecule has 0 radical (unpaired) electrons. The highest BCUT2D eigenvalue weighted by Crippen LogP contribution is 2.22. The Morgan fingerprint density at radius 3 is 2.60 bits per heavy atom. The summed E-state index contributed by atoms with van der Waals surface area (Å²) in [6.45, 7) is 0. The van der Waals surface area contributed by atoms with E-state index >= 15 is 0 Å². The van der Waals surface area contributed by atoms with Crippen molar-refractivity contribution in [1.82, 2.24) is 9.97 Å². The number of carbonyl (C=O) groups excluding carboxylic acids is 1. The lowest BCUT2D eigenvalue weighted by Crippen LogP contribution is -2.23. The van der Waals surface area contributed by atoms with Crippen LogP contribution in [0.4, 0.5) is 5.82 Å². The van der Waals surface area contributed by atoms with Gasteiger partial charge in [0.05, 0.1) is 6.20 Å². The van der Waals surface area contributed by atoms with E-state index in [1.54, 1.807) is 0 Å². The Bertz CT molecular complexity index is 608. The van der Waals surface area contributed by atoms with Gasteiger partial charge in [-0.05, 0) is 37.4 Å². The maximum atomic E-state index is 12.2. The van der Waals surface area contributed by atoms with Gasteiger partial charge in [0.15, 0.2) is 11.9 Å². The molecule has 0 aliphatic carbocycles. The van der Waals surface area contributed by atoms with Crippen LogP contribution in [0, 0.1) is 0 Å². The average molecular weight is 401 g/mol. The molecule has 0 saturated heterocycles. The van der Waals surface area contributed by atoms with Gasteiger partial charge in [-0.3, -0.25) is 4.79 Å². The molecule has 1 aromatic heterocycles. The van der Waals surface area contributed by atoms with E-state index in [1.807, 2.05) is 30.3 Å². The molecule has 0 fully saturated rings. The predicted molar refractivity (Wildman–Crippen MR) is 82.3 cm³/mol. The SMILES string of the molecule is COC(C(=O)Nc1ncc(Br)nc1Br)c1ccccc1. The highest BCUT2D eigenvalue weighted by molar-refractivity contribution is 9.11. The fourth-order valence-electron chi connectivity index (χ4n) is 1.64. The van der Waals surface area contributed by atoms with Crippen LogP contribution in [0.25, 0.3) is 0 Å². The van der Waals surface area contributed by atoms with E-state index in [-0.39, 0.29) is 5.91 Å². The number of hydrogen-bond donors (Lipinski definition) is 1. The van der Waals surface area contributed by atoms with Gasteiger partial charge in [-0.1, -0.05) is 30.3 Å². The van der Waals surface area contributed by atoms with E-state index in [4.69, 9.17) is 4.74 Å². The third-order valence-electron chi connectivity index (χ3n) is 2.52. The van der Waals surface area contributed by atoms with Crippen molar-refractivity contribution in [1.29, 1.82) is 0 Å². The van der Waals surface area contributed by atoms with Crippen LogP contribution in [-0.2, 0) is 9.53 Å². The molecule has 7 heteroatoms. The third-order valence-corrected chi connectivity index (χ3v) is 3.45. The molecule has 0 saturated carbocycles. The molecule has 20 heavy (non-hydrogen) atoms. The molecule has 0 aliphatic rings. The molecule has 104 valence electrons. The maximum absolute atomic E-state index is 12.2. The number of ether oxygens (including phenoxy) is 1. The van der Waals surface area contributed by atoms with Crippen LogP contribution in [0.15, 0.2) is 45.7 Å². The number of benzene rings is 1. The Kier molecular flexibility index (Phi) is 5.22. The molecule has 1 unspecified atom stereocenters. The molecule has 0 bridgehead atoms. The number of rotatable bonds is 4. The second-order valence-corrected chi connectivity index (χ2v) is 5.41. The first kappa shape index (κ1) is 15.1. The summed E-state index contributed by atoms with van der Waals surface area (Å²) >= 11 is 6.44. The second-order valence-electron chi connectivity index (χ2n) is 3.85. The van der Waals surface area contributed by atoms with Gasteiger partial charge in [-0.2, -0.15) is 0 Å². The number of anilines is 1. The minimum absolute atomic E-state index is 0.309. The number of nitrogens with one attached hydrogen (secondary N) is 1. The zero-order valence-corrected chi connectivity index (χ0v) is 13.7. The molecule has 1 heterocycles. The van der Waals surface area contributed by atoms with Crippen LogP contribution in [0.2, 0.25) is 0 Å². The van der Waals surface area contributed by atoms with E-state index in [0.29, 0.717) is 15.0 Å². The van der Waals surface area contributed by atoms with Gasteiger partial charge in [0.1, 0.15) is 9.21 Å². The van der Waals surface area contributed by atoms with Gasteiger partial charge < -0.3 is 10.1 Å². The van der Waals surface area contributed by atoms with Crippen molar-refractivity contribution in [3.05, 3.63) is 51.3 Å². The molecule has 1 atom stereocenters. The molecular weight excluding hydrogens is 390 g/mol. The van der Waals surface area contributed by atoms with Crippen molar-refractivity contribution in [2.45, 2.75) is 6.10 Å². The van der Waals surface area contributed by atoms with Gasteiger partial charge in [0.25, 0.3) is 5.91 Å². The highest BCUT2D eigenvalue weighted by Gasteiger charge is 2.21. The van der Waals surface area contributed by atoms with Crippen LogP contribution in [0.1, 0.15) is 11.7 Å². The number of amides is 1. The van der Waals surface area contributed by atoms with Crippen molar-refractivity contribution in [3.63, 3.8) is 0 Å². The van der Waals surface area contributed by atoms with E-state index in [0.717, 1.165) is 5.56 Å². The first-order chi connectivity index (χ1) is 9.61. The first-order valence-electron chi connectivity index (χ1n) is 5.68. The van der Waals surface area contributed by atoms with Crippen molar-refractivity contribution in [3.8, 4) is 0 Å². The average Bonchev–Trinajstić information content (AvgIpc) is 2.44. The predicted octanol–water partition coefficient (Wildman–Crippen LogP) is 3.33. The third kappa shape index (κ3) is 3.62. The summed E-state index contributed by atoms with van der Waals surface area (Å²) in [6.07, 6.45) is 0.804. The van der Waals surface area contributed by atoms with Crippen molar-refractivity contribution < 1.29 is 9.53 Å². The summed E-state index contributed by atoms with van der Waals surface area (Å²) in [6, 6.07) is 9.24. The smallest absolute Gasteiger partial charge is 0.259 e. The number of halogens is 2. The molecule has 1 N–H and O–H groups in total. The van der Waals surface area contributed by atoms with Crippen LogP contribution >= 0.6 is 31.9 Å². The minimum Gasteiger partial charge on any atom is -0.367 e. The summed E-state index contributed by atoms with van der Waals surface area (Å²) < 4.78 is 6.27. The van der Waals surface area contributed by atoms with Crippen molar-refractivity contribution >= 4 is 43.6 Å². The van der Waals surface area contributed by atoms with Gasteiger partial charge >= 0.3 is 0 Å². The molecule has 5 nitrogen and oxygen atoms in total. The Labute approximate surface area is 133 Å². The van der Waals surface area contributed by atoms with Gasteiger partial charge in [0.2, 0.25) is 0 Å². The van der Waals surface area contributed by atoms with E-state index in [9.17, 15) is 4.79 Å². The van der Waals surface area contributed by atoms with E-state index in [2.05, 4.69) is 47.1 Å².